The largest absolute Gasteiger partial charge is 0.497 e. The standard InChI is InChI=1S/C27H32FN3O5/c1-34-14-13-30(27(33)18-7-6-8-18)17-26(32)31-24(21-15-19(35-2)11-12-25(21)36-3)16-23(29-31)20-9-4-5-10-22(20)28/h4-5,9-12,15,18,24H,6-8,13-14,16-17H2,1-3H3/t24-/m1/s1. The van der Waals surface area contributed by atoms with E-state index in [-0.39, 0.29) is 30.7 Å². The van der Waals surface area contributed by atoms with Gasteiger partial charge in [-0.3, -0.25) is 9.59 Å². The summed E-state index contributed by atoms with van der Waals surface area (Å²) in [5.41, 5.74) is 1.47. The maximum atomic E-state index is 14.7. The van der Waals surface area contributed by atoms with Crippen molar-refractivity contribution in [2.45, 2.75) is 31.7 Å². The van der Waals surface area contributed by atoms with Crippen molar-refractivity contribution in [1.82, 2.24) is 9.91 Å². The maximum absolute atomic E-state index is 14.7. The maximum Gasteiger partial charge on any atom is 0.262 e. The minimum absolute atomic E-state index is 0.0420. The third-order valence-electron chi connectivity index (χ3n) is 6.80. The number of benzene rings is 2. The predicted octanol–water partition coefficient (Wildman–Crippen LogP) is 3.80. The van der Waals surface area contributed by atoms with Crippen molar-refractivity contribution in [3.8, 4) is 11.5 Å². The lowest BCUT2D eigenvalue weighted by molar-refractivity contribution is -0.146. The van der Waals surface area contributed by atoms with Gasteiger partial charge in [-0.1, -0.05) is 24.6 Å². The normalized spacial score (nSPS) is 17.4. The van der Waals surface area contributed by atoms with Crippen molar-refractivity contribution in [3.05, 3.63) is 59.4 Å². The number of hydrogen-bond acceptors (Lipinski definition) is 6. The third-order valence-corrected chi connectivity index (χ3v) is 6.80. The van der Waals surface area contributed by atoms with Gasteiger partial charge >= 0.3 is 0 Å². The number of carbonyl (C=O) groups excluding carboxylic acids is 2. The highest BCUT2D eigenvalue weighted by Gasteiger charge is 2.38. The van der Waals surface area contributed by atoms with Crippen LogP contribution in [0.4, 0.5) is 4.39 Å². The highest BCUT2D eigenvalue weighted by molar-refractivity contribution is 6.03. The van der Waals surface area contributed by atoms with Gasteiger partial charge in [-0.2, -0.15) is 5.10 Å². The van der Waals surface area contributed by atoms with Crippen LogP contribution in [0.1, 0.15) is 42.9 Å². The molecule has 0 saturated heterocycles. The molecule has 9 heteroatoms. The first kappa shape index (κ1) is 25.6. The summed E-state index contributed by atoms with van der Waals surface area (Å²) in [6.45, 7) is 0.487. The molecule has 1 aliphatic carbocycles. The van der Waals surface area contributed by atoms with E-state index in [1.807, 2.05) is 0 Å². The Kier molecular flexibility index (Phi) is 8.20. The second-order valence-electron chi connectivity index (χ2n) is 8.97. The smallest absolute Gasteiger partial charge is 0.262 e. The molecule has 0 aromatic heterocycles. The molecular formula is C27H32FN3O5. The molecule has 4 rings (SSSR count). The molecule has 2 aromatic carbocycles. The van der Waals surface area contributed by atoms with Gasteiger partial charge in [0.15, 0.2) is 0 Å². The average Bonchev–Trinajstić information content (AvgIpc) is 3.30. The minimum Gasteiger partial charge on any atom is -0.497 e. The van der Waals surface area contributed by atoms with Crippen molar-refractivity contribution < 1.29 is 28.2 Å². The molecule has 1 heterocycles. The zero-order valence-electron chi connectivity index (χ0n) is 20.9. The van der Waals surface area contributed by atoms with Crippen LogP contribution in [0.3, 0.4) is 0 Å². The summed E-state index contributed by atoms with van der Waals surface area (Å²) >= 11 is 0. The molecule has 36 heavy (non-hydrogen) atoms. The molecule has 2 amide bonds. The van der Waals surface area contributed by atoms with E-state index in [1.54, 1.807) is 62.6 Å². The molecule has 192 valence electrons. The molecule has 2 aromatic rings. The van der Waals surface area contributed by atoms with E-state index in [1.165, 1.54) is 11.1 Å². The molecule has 2 aliphatic rings. The number of amides is 2. The Labute approximate surface area is 210 Å². The monoisotopic (exact) mass is 497 g/mol. The average molecular weight is 498 g/mol. The van der Waals surface area contributed by atoms with E-state index in [9.17, 15) is 14.0 Å². The Balaban J connectivity index is 1.68. The molecule has 0 spiro atoms. The molecule has 0 radical (unpaired) electrons. The zero-order valence-corrected chi connectivity index (χ0v) is 20.9. The summed E-state index contributed by atoms with van der Waals surface area (Å²) in [5, 5.41) is 5.93. The molecular weight excluding hydrogens is 465 g/mol. The van der Waals surface area contributed by atoms with Crippen LogP contribution in [0.25, 0.3) is 0 Å². The van der Waals surface area contributed by atoms with Crippen LogP contribution in [0.15, 0.2) is 47.6 Å². The molecule has 0 bridgehead atoms. The zero-order chi connectivity index (χ0) is 25.7. The topological polar surface area (TPSA) is 80.7 Å². The van der Waals surface area contributed by atoms with Crippen molar-refractivity contribution in [2.75, 3.05) is 41.0 Å². The predicted molar refractivity (Wildman–Crippen MR) is 132 cm³/mol. The molecule has 1 atom stereocenters. The summed E-state index contributed by atoms with van der Waals surface area (Å²) in [6, 6.07) is 11.1. The number of nitrogens with zero attached hydrogens (tertiary/aromatic N) is 3. The van der Waals surface area contributed by atoms with E-state index in [4.69, 9.17) is 14.2 Å². The van der Waals surface area contributed by atoms with Gasteiger partial charge in [-0.15, -0.1) is 0 Å². The molecule has 1 fully saturated rings. The Hall–Kier alpha value is -3.46. The van der Waals surface area contributed by atoms with Crippen molar-refractivity contribution in [2.24, 2.45) is 11.0 Å². The number of hydrazone groups is 1. The van der Waals surface area contributed by atoms with Gasteiger partial charge in [0.2, 0.25) is 5.91 Å². The number of methoxy groups -OCH3 is 3. The number of carbonyl (C=O) groups is 2. The first-order chi connectivity index (χ1) is 17.5. The molecule has 0 unspecified atom stereocenters. The summed E-state index contributed by atoms with van der Waals surface area (Å²) in [5.74, 6) is 0.285. The van der Waals surface area contributed by atoms with Crippen LogP contribution >= 0.6 is 0 Å². The summed E-state index contributed by atoms with van der Waals surface area (Å²) in [7, 11) is 4.67. The van der Waals surface area contributed by atoms with Gasteiger partial charge in [0.05, 0.1) is 32.6 Å². The summed E-state index contributed by atoms with van der Waals surface area (Å²) in [6.07, 6.45) is 2.96. The quantitative estimate of drug-likeness (QED) is 0.499. The van der Waals surface area contributed by atoms with Crippen LogP contribution in [0.2, 0.25) is 0 Å². The summed E-state index contributed by atoms with van der Waals surface area (Å²) < 4.78 is 30.8. The summed E-state index contributed by atoms with van der Waals surface area (Å²) in [4.78, 5) is 28.2. The Morgan fingerprint density at radius 1 is 1.11 bits per heavy atom. The molecule has 1 aliphatic heterocycles. The second kappa shape index (κ2) is 11.5. The number of hydrogen-bond donors (Lipinski definition) is 0. The fraction of sp³-hybridized carbons (Fsp3) is 0.444. The molecule has 0 N–H and O–H groups in total. The van der Waals surface area contributed by atoms with Crippen LogP contribution in [-0.2, 0) is 14.3 Å². The van der Waals surface area contributed by atoms with Crippen molar-refractivity contribution >= 4 is 17.5 Å². The van der Waals surface area contributed by atoms with E-state index < -0.39 is 11.9 Å². The first-order valence-corrected chi connectivity index (χ1v) is 12.1. The van der Waals surface area contributed by atoms with Gasteiger partial charge in [0, 0.05) is 37.1 Å². The van der Waals surface area contributed by atoms with Gasteiger partial charge < -0.3 is 19.1 Å². The molecule has 1 saturated carbocycles. The van der Waals surface area contributed by atoms with Gasteiger partial charge in [-0.25, -0.2) is 9.40 Å². The molecule has 8 nitrogen and oxygen atoms in total. The van der Waals surface area contributed by atoms with E-state index >= 15 is 0 Å². The third kappa shape index (κ3) is 5.36. The van der Waals surface area contributed by atoms with E-state index in [2.05, 4.69) is 5.10 Å². The number of ether oxygens (including phenoxy) is 3. The number of rotatable bonds is 10. The second-order valence-corrected chi connectivity index (χ2v) is 8.97. The highest BCUT2D eigenvalue weighted by Crippen LogP contribution is 2.39. The fourth-order valence-electron chi connectivity index (χ4n) is 4.56. The van der Waals surface area contributed by atoms with Crippen molar-refractivity contribution in [1.29, 1.82) is 0 Å². The van der Waals surface area contributed by atoms with Crippen LogP contribution in [-0.4, -0.2) is 68.5 Å². The minimum atomic E-state index is -0.555. The number of halogens is 1. The first-order valence-electron chi connectivity index (χ1n) is 12.1. The van der Waals surface area contributed by atoms with Crippen LogP contribution in [0.5, 0.6) is 11.5 Å². The lowest BCUT2D eigenvalue weighted by atomic mass is 9.84. The Bertz CT molecular complexity index is 1130. The van der Waals surface area contributed by atoms with E-state index in [0.717, 1.165) is 19.3 Å². The lowest BCUT2D eigenvalue weighted by Crippen LogP contribution is -2.46. The van der Waals surface area contributed by atoms with Gasteiger partial charge in [0.25, 0.3) is 5.91 Å². The lowest BCUT2D eigenvalue weighted by Gasteiger charge is -2.32. The Morgan fingerprint density at radius 3 is 2.53 bits per heavy atom. The van der Waals surface area contributed by atoms with E-state index in [0.29, 0.717) is 41.5 Å². The van der Waals surface area contributed by atoms with Crippen LogP contribution in [0, 0.1) is 11.7 Å². The van der Waals surface area contributed by atoms with Gasteiger partial charge in [0.1, 0.15) is 23.9 Å². The fourth-order valence-corrected chi connectivity index (χ4v) is 4.56. The Morgan fingerprint density at radius 2 is 1.89 bits per heavy atom. The van der Waals surface area contributed by atoms with Crippen LogP contribution < -0.4 is 9.47 Å². The highest BCUT2D eigenvalue weighted by atomic mass is 19.1. The van der Waals surface area contributed by atoms with Crippen molar-refractivity contribution in [3.63, 3.8) is 0 Å². The van der Waals surface area contributed by atoms with Gasteiger partial charge in [-0.05, 0) is 37.1 Å². The SMILES string of the molecule is COCCN(CC(=O)N1N=C(c2ccccc2F)C[C@@H]1c1cc(OC)ccc1OC)C(=O)C1CCC1.